The first-order valence-corrected chi connectivity index (χ1v) is 8.75. The van der Waals surface area contributed by atoms with Gasteiger partial charge < -0.3 is 14.6 Å². The lowest BCUT2D eigenvalue weighted by Crippen LogP contribution is -2.36. The third-order valence-electron chi connectivity index (χ3n) is 4.58. The topological polar surface area (TPSA) is 38.7 Å². The van der Waals surface area contributed by atoms with Crippen LogP contribution in [0.2, 0.25) is 0 Å². The highest BCUT2D eigenvalue weighted by molar-refractivity contribution is 5.13. The normalized spacial score (nSPS) is 25.9. The van der Waals surface area contributed by atoms with Crippen molar-refractivity contribution in [3.63, 3.8) is 0 Å². The van der Waals surface area contributed by atoms with Crippen LogP contribution in [0.25, 0.3) is 0 Å². The summed E-state index contributed by atoms with van der Waals surface area (Å²) in [5.41, 5.74) is 1.20. The smallest absolute Gasteiger partial charge is 0.0716 e. The number of aliphatic hydroxyl groups excluding tert-OH is 1. The van der Waals surface area contributed by atoms with Gasteiger partial charge in [-0.1, -0.05) is 43.3 Å². The summed E-state index contributed by atoms with van der Waals surface area (Å²) in [6.45, 7) is 7.30. The molecule has 2 rings (SSSR count). The molecule has 0 aliphatic carbocycles. The van der Waals surface area contributed by atoms with Crippen LogP contribution >= 0.6 is 0 Å². The van der Waals surface area contributed by atoms with Crippen LogP contribution in [0.15, 0.2) is 43.0 Å². The van der Waals surface area contributed by atoms with Gasteiger partial charge in [0.05, 0.1) is 24.9 Å². The molecule has 1 saturated heterocycles. The Morgan fingerprint density at radius 1 is 1.35 bits per heavy atom. The van der Waals surface area contributed by atoms with Crippen LogP contribution in [0.4, 0.5) is 0 Å². The number of benzene rings is 1. The third-order valence-corrected chi connectivity index (χ3v) is 4.58. The van der Waals surface area contributed by atoms with Crippen LogP contribution in [0.5, 0.6) is 0 Å². The van der Waals surface area contributed by atoms with E-state index < -0.39 is 0 Å². The van der Waals surface area contributed by atoms with Gasteiger partial charge in [-0.25, -0.2) is 0 Å². The van der Waals surface area contributed by atoms with Crippen LogP contribution in [0, 0.1) is 5.92 Å². The number of hydrogen-bond acceptors (Lipinski definition) is 3. The van der Waals surface area contributed by atoms with Gasteiger partial charge in [0.25, 0.3) is 0 Å². The van der Waals surface area contributed by atoms with Crippen molar-refractivity contribution in [2.45, 2.75) is 63.9 Å². The lowest BCUT2D eigenvalue weighted by molar-refractivity contribution is -0.103. The van der Waals surface area contributed by atoms with E-state index in [9.17, 15) is 5.11 Å². The molecule has 0 aromatic heterocycles. The van der Waals surface area contributed by atoms with E-state index in [1.54, 1.807) is 6.08 Å². The summed E-state index contributed by atoms with van der Waals surface area (Å²) in [6.07, 6.45) is 6.31. The molecular formula is C20H30O3. The quantitative estimate of drug-likeness (QED) is 0.550. The number of ether oxygens (including phenoxy) is 2. The van der Waals surface area contributed by atoms with Gasteiger partial charge in [-0.15, -0.1) is 6.58 Å². The second-order valence-corrected chi connectivity index (χ2v) is 6.59. The first-order chi connectivity index (χ1) is 11.2. The molecule has 1 heterocycles. The van der Waals surface area contributed by atoms with E-state index in [-0.39, 0.29) is 18.3 Å². The highest BCUT2D eigenvalue weighted by atomic mass is 16.5. The molecule has 0 radical (unpaired) electrons. The minimum atomic E-state index is -0.333. The molecule has 3 nitrogen and oxygen atoms in total. The maximum atomic E-state index is 9.92. The Labute approximate surface area is 140 Å². The Hall–Kier alpha value is -1.16. The van der Waals surface area contributed by atoms with Crippen LogP contribution in [0.3, 0.4) is 0 Å². The Kier molecular flexibility index (Phi) is 7.80. The van der Waals surface area contributed by atoms with Crippen molar-refractivity contribution in [2.24, 2.45) is 5.92 Å². The molecule has 23 heavy (non-hydrogen) atoms. The minimum absolute atomic E-state index is 0.167. The van der Waals surface area contributed by atoms with Crippen molar-refractivity contribution in [1.29, 1.82) is 0 Å². The summed E-state index contributed by atoms with van der Waals surface area (Å²) in [6, 6.07) is 10.2. The highest BCUT2D eigenvalue weighted by Gasteiger charge is 2.29. The average Bonchev–Trinajstić information content (AvgIpc) is 2.55. The molecule has 1 aliphatic rings. The maximum Gasteiger partial charge on any atom is 0.0716 e. The van der Waals surface area contributed by atoms with Crippen molar-refractivity contribution in [3.05, 3.63) is 48.6 Å². The molecule has 0 bridgehead atoms. The molecule has 4 atom stereocenters. The van der Waals surface area contributed by atoms with Gasteiger partial charge in [-0.3, -0.25) is 0 Å². The summed E-state index contributed by atoms with van der Waals surface area (Å²) in [5.74, 6) is 0.558. The van der Waals surface area contributed by atoms with Gasteiger partial charge in [0.1, 0.15) is 0 Å². The van der Waals surface area contributed by atoms with Gasteiger partial charge >= 0.3 is 0 Å². The third kappa shape index (κ3) is 6.46. The highest BCUT2D eigenvalue weighted by Crippen LogP contribution is 2.29. The van der Waals surface area contributed by atoms with E-state index in [0.717, 1.165) is 19.3 Å². The molecule has 128 valence electrons. The van der Waals surface area contributed by atoms with Crippen molar-refractivity contribution < 1.29 is 14.6 Å². The summed E-state index contributed by atoms with van der Waals surface area (Å²) in [5, 5.41) is 9.92. The standard InChI is InChI=1S/C20H30O3/c1-3-7-18(21)14-19-11-10-16(2)20(23-19)12-13-22-15-17-8-5-4-6-9-17/h3-6,8-9,16,18-21H,1,7,10-15H2,2H3/t16-,18?,19+,20-/m0/s1. The predicted octanol–water partition coefficient (Wildman–Crippen LogP) is 4.10. The molecule has 0 saturated carbocycles. The molecule has 1 N–H and O–H groups in total. The Morgan fingerprint density at radius 2 is 2.13 bits per heavy atom. The van der Waals surface area contributed by atoms with Crippen LogP contribution in [0.1, 0.15) is 44.6 Å². The summed E-state index contributed by atoms with van der Waals surface area (Å²) in [7, 11) is 0. The van der Waals surface area contributed by atoms with E-state index in [1.807, 2.05) is 18.2 Å². The SMILES string of the molecule is C=CCC(O)C[C@H]1CC[C@H](C)[C@H](CCOCc2ccccc2)O1. The molecule has 0 spiro atoms. The summed E-state index contributed by atoms with van der Waals surface area (Å²) < 4.78 is 12.0. The van der Waals surface area contributed by atoms with Gasteiger partial charge in [-0.2, -0.15) is 0 Å². The summed E-state index contributed by atoms with van der Waals surface area (Å²) in [4.78, 5) is 0. The molecule has 1 aromatic rings. The first kappa shape index (κ1) is 18.2. The van der Waals surface area contributed by atoms with E-state index in [2.05, 4.69) is 25.6 Å². The number of hydrogen-bond donors (Lipinski definition) is 1. The molecule has 1 aromatic carbocycles. The van der Waals surface area contributed by atoms with Crippen LogP contribution in [-0.2, 0) is 16.1 Å². The van der Waals surface area contributed by atoms with E-state index >= 15 is 0 Å². The fourth-order valence-electron chi connectivity index (χ4n) is 3.17. The monoisotopic (exact) mass is 318 g/mol. The van der Waals surface area contributed by atoms with Crippen molar-refractivity contribution in [1.82, 2.24) is 0 Å². The zero-order chi connectivity index (χ0) is 16.5. The Balaban J connectivity index is 1.69. The number of aliphatic hydroxyl groups is 1. The van der Waals surface area contributed by atoms with E-state index in [0.29, 0.717) is 32.0 Å². The Morgan fingerprint density at radius 3 is 2.87 bits per heavy atom. The minimum Gasteiger partial charge on any atom is -0.393 e. The molecule has 1 aliphatic heterocycles. The van der Waals surface area contributed by atoms with Crippen molar-refractivity contribution >= 4 is 0 Å². The first-order valence-electron chi connectivity index (χ1n) is 8.75. The predicted molar refractivity (Wildman–Crippen MR) is 93.2 cm³/mol. The summed E-state index contributed by atoms with van der Waals surface area (Å²) >= 11 is 0. The maximum absolute atomic E-state index is 9.92. The fraction of sp³-hybridized carbons (Fsp3) is 0.600. The number of rotatable bonds is 9. The van der Waals surface area contributed by atoms with Crippen molar-refractivity contribution in [3.8, 4) is 0 Å². The van der Waals surface area contributed by atoms with Crippen molar-refractivity contribution in [2.75, 3.05) is 6.61 Å². The lowest BCUT2D eigenvalue weighted by atomic mass is 9.89. The molecule has 3 heteroatoms. The molecular weight excluding hydrogens is 288 g/mol. The van der Waals surface area contributed by atoms with Gasteiger partial charge in [0.15, 0.2) is 0 Å². The van der Waals surface area contributed by atoms with E-state index in [4.69, 9.17) is 9.47 Å². The average molecular weight is 318 g/mol. The lowest BCUT2D eigenvalue weighted by Gasteiger charge is -2.35. The Bertz CT molecular complexity index is 445. The van der Waals surface area contributed by atoms with E-state index in [1.165, 1.54) is 5.56 Å². The van der Waals surface area contributed by atoms with Gasteiger partial charge in [0, 0.05) is 6.61 Å². The molecule has 1 unspecified atom stereocenters. The fourth-order valence-corrected chi connectivity index (χ4v) is 3.17. The largest absolute Gasteiger partial charge is 0.393 e. The van der Waals surface area contributed by atoms with Crippen LogP contribution in [-0.4, -0.2) is 30.0 Å². The van der Waals surface area contributed by atoms with Crippen LogP contribution < -0.4 is 0 Å². The zero-order valence-electron chi connectivity index (χ0n) is 14.2. The van der Waals surface area contributed by atoms with Gasteiger partial charge in [-0.05, 0) is 43.6 Å². The molecule has 1 fully saturated rings. The molecule has 0 amide bonds. The zero-order valence-corrected chi connectivity index (χ0v) is 14.2. The second-order valence-electron chi connectivity index (χ2n) is 6.59. The second kappa shape index (κ2) is 9.86. The van der Waals surface area contributed by atoms with Gasteiger partial charge in [0.2, 0.25) is 0 Å².